The van der Waals surface area contributed by atoms with Crippen molar-refractivity contribution >= 4 is 0 Å². The van der Waals surface area contributed by atoms with Gasteiger partial charge in [0.2, 0.25) is 0 Å². The second-order valence-electron chi connectivity index (χ2n) is 6.98. The zero-order valence-electron chi connectivity index (χ0n) is 15.0. The van der Waals surface area contributed by atoms with Crippen molar-refractivity contribution in [2.24, 2.45) is 11.7 Å². The SMILES string of the molecule is CCCC(C)COc1ccc([C@@H](N)CN2CCN(C)CC2)cc1. The molecule has 1 aromatic rings. The minimum absolute atomic E-state index is 0.0754. The van der Waals surface area contributed by atoms with E-state index in [1.54, 1.807) is 0 Å². The van der Waals surface area contributed by atoms with E-state index in [4.69, 9.17) is 10.5 Å². The number of rotatable bonds is 8. The minimum atomic E-state index is 0.0754. The van der Waals surface area contributed by atoms with Crippen LogP contribution in [0.3, 0.4) is 0 Å². The minimum Gasteiger partial charge on any atom is -0.493 e. The van der Waals surface area contributed by atoms with Crippen LogP contribution in [0.4, 0.5) is 0 Å². The highest BCUT2D eigenvalue weighted by Crippen LogP contribution is 2.19. The zero-order valence-corrected chi connectivity index (χ0v) is 15.0. The Labute approximate surface area is 141 Å². The molecule has 1 aromatic carbocycles. The third-order valence-corrected chi connectivity index (χ3v) is 4.68. The van der Waals surface area contributed by atoms with Crippen molar-refractivity contribution in [1.29, 1.82) is 0 Å². The molecule has 0 bridgehead atoms. The maximum atomic E-state index is 6.38. The lowest BCUT2D eigenvalue weighted by molar-refractivity contribution is 0.147. The quantitative estimate of drug-likeness (QED) is 0.800. The molecule has 2 rings (SSSR count). The van der Waals surface area contributed by atoms with Crippen LogP contribution in [0.25, 0.3) is 0 Å². The van der Waals surface area contributed by atoms with Crippen molar-refractivity contribution in [3.05, 3.63) is 29.8 Å². The van der Waals surface area contributed by atoms with Crippen LogP contribution in [0.5, 0.6) is 5.75 Å². The standard InChI is InChI=1S/C19H33N3O/c1-4-5-16(2)15-23-18-8-6-17(7-9-18)19(20)14-22-12-10-21(3)11-13-22/h6-9,16,19H,4-5,10-15,20H2,1-3H3/t16?,19-/m0/s1. The maximum absolute atomic E-state index is 6.38. The Kier molecular flexibility index (Phi) is 7.34. The molecule has 1 heterocycles. The van der Waals surface area contributed by atoms with Crippen LogP contribution < -0.4 is 10.5 Å². The Hall–Kier alpha value is -1.10. The van der Waals surface area contributed by atoms with Gasteiger partial charge >= 0.3 is 0 Å². The Morgan fingerprint density at radius 2 is 1.78 bits per heavy atom. The molecule has 1 fully saturated rings. The average molecular weight is 319 g/mol. The van der Waals surface area contributed by atoms with Gasteiger partial charge in [-0.15, -0.1) is 0 Å². The summed E-state index contributed by atoms with van der Waals surface area (Å²) >= 11 is 0. The fraction of sp³-hybridized carbons (Fsp3) is 0.684. The van der Waals surface area contributed by atoms with Gasteiger partial charge in [-0.1, -0.05) is 32.4 Å². The van der Waals surface area contributed by atoms with Gasteiger partial charge in [0.1, 0.15) is 5.75 Å². The van der Waals surface area contributed by atoms with Gasteiger partial charge in [-0.25, -0.2) is 0 Å². The third kappa shape index (κ3) is 6.13. The van der Waals surface area contributed by atoms with E-state index < -0.39 is 0 Å². The van der Waals surface area contributed by atoms with E-state index in [0.717, 1.165) is 45.1 Å². The first-order valence-corrected chi connectivity index (χ1v) is 8.97. The molecule has 2 N–H and O–H groups in total. The van der Waals surface area contributed by atoms with Gasteiger partial charge in [-0.2, -0.15) is 0 Å². The molecule has 4 heteroatoms. The smallest absolute Gasteiger partial charge is 0.119 e. The summed E-state index contributed by atoms with van der Waals surface area (Å²) in [5.74, 6) is 1.56. The van der Waals surface area contributed by atoms with E-state index in [1.807, 2.05) is 0 Å². The number of ether oxygens (including phenoxy) is 1. The first-order chi connectivity index (χ1) is 11.1. The lowest BCUT2D eigenvalue weighted by Gasteiger charge is -2.33. The van der Waals surface area contributed by atoms with Crippen LogP contribution >= 0.6 is 0 Å². The van der Waals surface area contributed by atoms with Gasteiger partial charge in [0.15, 0.2) is 0 Å². The average Bonchev–Trinajstić information content (AvgIpc) is 2.56. The second kappa shape index (κ2) is 9.26. The predicted octanol–water partition coefficient (Wildman–Crippen LogP) is 2.75. The molecular weight excluding hydrogens is 286 g/mol. The summed E-state index contributed by atoms with van der Waals surface area (Å²) in [6.45, 7) is 10.7. The van der Waals surface area contributed by atoms with Crippen molar-refractivity contribution in [1.82, 2.24) is 9.80 Å². The topological polar surface area (TPSA) is 41.7 Å². The Morgan fingerprint density at radius 1 is 1.13 bits per heavy atom. The number of benzene rings is 1. The van der Waals surface area contributed by atoms with Crippen LogP contribution in [0.1, 0.15) is 38.3 Å². The van der Waals surface area contributed by atoms with Crippen LogP contribution in [0.2, 0.25) is 0 Å². The van der Waals surface area contributed by atoms with Crippen molar-refractivity contribution in [2.75, 3.05) is 46.4 Å². The molecule has 1 unspecified atom stereocenters. The number of hydrogen-bond donors (Lipinski definition) is 1. The van der Waals surface area contributed by atoms with E-state index in [0.29, 0.717) is 5.92 Å². The van der Waals surface area contributed by atoms with E-state index >= 15 is 0 Å². The molecule has 1 aliphatic rings. The van der Waals surface area contributed by atoms with Crippen molar-refractivity contribution in [3.63, 3.8) is 0 Å². The maximum Gasteiger partial charge on any atom is 0.119 e. The second-order valence-corrected chi connectivity index (χ2v) is 6.98. The molecule has 0 saturated carbocycles. The fourth-order valence-electron chi connectivity index (χ4n) is 3.04. The summed E-state index contributed by atoms with van der Waals surface area (Å²) in [5, 5.41) is 0. The first-order valence-electron chi connectivity index (χ1n) is 8.97. The molecule has 2 atom stereocenters. The molecule has 0 amide bonds. The molecule has 1 saturated heterocycles. The molecule has 23 heavy (non-hydrogen) atoms. The number of nitrogens with two attached hydrogens (primary N) is 1. The zero-order chi connectivity index (χ0) is 16.7. The van der Waals surface area contributed by atoms with E-state index in [2.05, 4.69) is 55.0 Å². The molecule has 1 aliphatic heterocycles. The molecule has 0 spiro atoms. The number of likely N-dealkylation sites (N-methyl/N-ethyl adjacent to an activating group) is 1. The van der Waals surface area contributed by atoms with Crippen molar-refractivity contribution in [2.45, 2.75) is 32.7 Å². The predicted molar refractivity (Wildman–Crippen MR) is 96.9 cm³/mol. The molecule has 0 radical (unpaired) electrons. The van der Waals surface area contributed by atoms with Crippen molar-refractivity contribution < 1.29 is 4.74 Å². The molecule has 0 aromatic heterocycles. The molecular formula is C19H33N3O. The van der Waals surface area contributed by atoms with E-state index in [1.165, 1.54) is 18.4 Å². The van der Waals surface area contributed by atoms with E-state index in [-0.39, 0.29) is 6.04 Å². The summed E-state index contributed by atoms with van der Waals surface area (Å²) in [5.41, 5.74) is 7.57. The van der Waals surface area contributed by atoms with Gasteiger partial charge in [0.25, 0.3) is 0 Å². The monoisotopic (exact) mass is 319 g/mol. The highest BCUT2D eigenvalue weighted by molar-refractivity contribution is 5.29. The largest absolute Gasteiger partial charge is 0.493 e. The normalized spacial score (nSPS) is 19.5. The molecule has 130 valence electrons. The highest BCUT2D eigenvalue weighted by atomic mass is 16.5. The summed E-state index contributed by atoms with van der Waals surface area (Å²) in [7, 11) is 2.18. The van der Waals surface area contributed by atoms with Gasteiger partial charge in [-0.05, 0) is 37.1 Å². The van der Waals surface area contributed by atoms with Gasteiger partial charge in [-0.3, -0.25) is 4.90 Å². The Balaban J connectivity index is 1.79. The van der Waals surface area contributed by atoms with Crippen LogP contribution in [-0.2, 0) is 0 Å². The van der Waals surface area contributed by atoms with Crippen molar-refractivity contribution in [3.8, 4) is 5.75 Å². The van der Waals surface area contributed by atoms with Gasteiger partial charge in [0, 0.05) is 38.8 Å². The summed E-state index contributed by atoms with van der Waals surface area (Å²) < 4.78 is 5.86. The third-order valence-electron chi connectivity index (χ3n) is 4.68. The molecule has 4 nitrogen and oxygen atoms in total. The van der Waals surface area contributed by atoms with Crippen LogP contribution in [-0.4, -0.2) is 56.2 Å². The fourth-order valence-corrected chi connectivity index (χ4v) is 3.04. The number of nitrogens with zero attached hydrogens (tertiary/aromatic N) is 2. The summed E-state index contributed by atoms with van der Waals surface area (Å²) in [6.07, 6.45) is 2.43. The van der Waals surface area contributed by atoms with Gasteiger partial charge < -0.3 is 15.4 Å². The number of piperazine rings is 1. The van der Waals surface area contributed by atoms with Gasteiger partial charge in [0.05, 0.1) is 6.61 Å². The van der Waals surface area contributed by atoms with Crippen LogP contribution in [0, 0.1) is 5.92 Å². The lowest BCUT2D eigenvalue weighted by atomic mass is 10.1. The Bertz CT molecular complexity index is 440. The Morgan fingerprint density at radius 3 is 2.39 bits per heavy atom. The molecule has 0 aliphatic carbocycles. The first kappa shape index (κ1) is 18.2. The summed E-state index contributed by atoms with van der Waals surface area (Å²) in [4.78, 5) is 4.83. The lowest BCUT2D eigenvalue weighted by Crippen LogP contribution is -2.46. The van der Waals surface area contributed by atoms with E-state index in [9.17, 15) is 0 Å². The summed E-state index contributed by atoms with van der Waals surface area (Å²) in [6, 6.07) is 8.41. The number of hydrogen-bond acceptors (Lipinski definition) is 4. The highest BCUT2D eigenvalue weighted by Gasteiger charge is 2.17. The van der Waals surface area contributed by atoms with Crippen LogP contribution in [0.15, 0.2) is 24.3 Å².